The van der Waals surface area contributed by atoms with Crippen molar-refractivity contribution >= 4 is 0 Å². The molecule has 0 saturated heterocycles. The molecule has 1 N–H and O–H groups in total. The Morgan fingerprint density at radius 3 is 2.42 bits per heavy atom. The van der Waals surface area contributed by atoms with E-state index in [9.17, 15) is 0 Å². The Morgan fingerprint density at radius 1 is 1.33 bits per heavy atom. The van der Waals surface area contributed by atoms with Crippen LogP contribution in [0, 0.1) is 11.8 Å². The van der Waals surface area contributed by atoms with Gasteiger partial charge in [-0.25, -0.2) is 0 Å². The van der Waals surface area contributed by atoms with Crippen LogP contribution in [-0.4, -0.2) is 12.6 Å². The first kappa shape index (κ1) is 10.0. The van der Waals surface area contributed by atoms with Crippen molar-refractivity contribution in [3.8, 4) is 0 Å². The monoisotopic (exact) mass is 169 g/mol. The molecular weight excluding hydrogens is 146 g/mol. The molecule has 12 heavy (non-hydrogen) atoms. The van der Waals surface area contributed by atoms with Crippen LogP contribution in [-0.2, 0) is 0 Å². The van der Waals surface area contributed by atoms with E-state index in [-0.39, 0.29) is 0 Å². The van der Waals surface area contributed by atoms with E-state index in [0.717, 1.165) is 17.9 Å². The second kappa shape index (κ2) is 4.86. The molecule has 0 aliphatic heterocycles. The number of hydrogen-bond acceptors (Lipinski definition) is 1. The lowest BCUT2D eigenvalue weighted by Gasteiger charge is -2.16. The first-order chi connectivity index (χ1) is 5.74. The first-order valence-corrected chi connectivity index (χ1v) is 5.47. The van der Waals surface area contributed by atoms with Crippen molar-refractivity contribution in [2.45, 2.75) is 52.5 Å². The van der Waals surface area contributed by atoms with Gasteiger partial charge in [-0.1, -0.05) is 20.8 Å². The summed E-state index contributed by atoms with van der Waals surface area (Å²) in [5.41, 5.74) is 0. The quantitative estimate of drug-likeness (QED) is 0.644. The lowest BCUT2D eigenvalue weighted by Crippen LogP contribution is -2.31. The zero-order chi connectivity index (χ0) is 8.97. The van der Waals surface area contributed by atoms with E-state index < -0.39 is 0 Å². The van der Waals surface area contributed by atoms with Crippen LogP contribution < -0.4 is 5.32 Å². The summed E-state index contributed by atoms with van der Waals surface area (Å²) in [7, 11) is 0. The zero-order valence-corrected chi connectivity index (χ0v) is 8.77. The molecule has 1 unspecified atom stereocenters. The van der Waals surface area contributed by atoms with Crippen molar-refractivity contribution in [1.29, 1.82) is 0 Å². The van der Waals surface area contributed by atoms with Crippen molar-refractivity contribution in [2.75, 3.05) is 6.54 Å². The summed E-state index contributed by atoms with van der Waals surface area (Å²) in [4.78, 5) is 0. The predicted molar refractivity (Wildman–Crippen MR) is 54.3 cm³/mol. The molecule has 0 aromatic heterocycles. The van der Waals surface area contributed by atoms with Crippen molar-refractivity contribution in [2.24, 2.45) is 11.8 Å². The third kappa shape index (κ3) is 3.57. The molecule has 0 bridgehead atoms. The highest BCUT2D eigenvalue weighted by atomic mass is 14.9. The molecule has 1 aliphatic carbocycles. The van der Waals surface area contributed by atoms with Gasteiger partial charge >= 0.3 is 0 Å². The maximum atomic E-state index is 3.66. The molecule has 0 radical (unpaired) electrons. The number of hydrogen-bond donors (Lipinski definition) is 1. The predicted octanol–water partition coefficient (Wildman–Crippen LogP) is 2.81. The summed E-state index contributed by atoms with van der Waals surface area (Å²) in [6.07, 6.45) is 5.56. The molecule has 0 heterocycles. The van der Waals surface area contributed by atoms with E-state index in [4.69, 9.17) is 0 Å². The zero-order valence-electron chi connectivity index (χ0n) is 8.77. The number of nitrogens with one attached hydrogen (secondary N) is 1. The minimum atomic E-state index is 0.823. The fourth-order valence-corrected chi connectivity index (χ4v) is 1.70. The van der Waals surface area contributed by atoms with Gasteiger partial charge in [-0.2, -0.15) is 0 Å². The van der Waals surface area contributed by atoms with Crippen LogP contribution >= 0.6 is 0 Å². The first-order valence-electron chi connectivity index (χ1n) is 5.47. The van der Waals surface area contributed by atoms with Crippen LogP contribution in [0.4, 0.5) is 0 Å². The molecule has 0 aromatic rings. The van der Waals surface area contributed by atoms with E-state index >= 15 is 0 Å². The van der Waals surface area contributed by atoms with Crippen molar-refractivity contribution in [1.82, 2.24) is 5.32 Å². The molecule has 1 rings (SSSR count). The lowest BCUT2D eigenvalue weighted by molar-refractivity contribution is 0.424. The average Bonchev–Trinajstić information content (AvgIpc) is 2.80. The third-order valence-corrected chi connectivity index (χ3v) is 2.76. The number of rotatable bonds is 6. The summed E-state index contributed by atoms with van der Waals surface area (Å²) in [5, 5.41) is 3.66. The van der Waals surface area contributed by atoms with Gasteiger partial charge in [-0.15, -0.1) is 0 Å². The molecule has 1 aliphatic rings. The van der Waals surface area contributed by atoms with Crippen molar-refractivity contribution < 1.29 is 0 Å². The van der Waals surface area contributed by atoms with Gasteiger partial charge in [0.2, 0.25) is 0 Å². The molecule has 0 aromatic carbocycles. The van der Waals surface area contributed by atoms with Crippen LogP contribution in [0.5, 0.6) is 0 Å². The molecule has 72 valence electrons. The summed E-state index contributed by atoms with van der Waals surface area (Å²) in [6, 6.07) is 0.823. The highest BCUT2D eigenvalue weighted by Crippen LogP contribution is 2.33. The second-order valence-corrected chi connectivity index (χ2v) is 4.49. The average molecular weight is 169 g/mol. The van der Waals surface area contributed by atoms with Gasteiger partial charge in [0.15, 0.2) is 0 Å². The summed E-state index contributed by atoms with van der Waals surface area (Å²) >= 11 is 0. The largest absolute Gasteiger partial charge is 0.314 e. The van der Waals surface area contributed by atoms with Crippen LogP contribution in [0.25, 0.3) is 0 Å². The summed E-state index contributed by atoms with van der Waals surface area (Å²) in [5.74, 6) is 1.86. The Hall–Kier alpha value is -0.0400. The van der Waals surface area contributed by atoms with Gasteiger partial charge in [-0.05, 0) is 44.1 Å². The Balaban J connectivity index is 2.02. The van der Waals surface area contributed by atoms with Crippen LogP contribution in [0.1, 0.15) is 46.5 Å². The smallest absolute Gasteiger partial charge is 0.00927 e. The molecule has 1 fully saturated rings. The van der Waals surface area contributed by atoms with Gasteiger partial charge in [0, 0.05) is 6.04 Å². The molecule has 1 atom stereocenters. The fraction of sp³-hybridized carbons (Fsp3) is 1.00. The minimum absolute atomic E-state index is 0.823. The highest BCUT2D eigenvalue weighted by Gasteiger charge is 2.29. The van der Waals surface area contributed by atoms with E-state index in [1.54, 1.807) is 0 Å². The van der Waals surface area contributed by atoms with Crippen molar-refractivity contribution in [3.63, 3.8) is 0 Å². The second-order valence-electron chi connectivity index (χ2n) is 4.49. The van der Waals surface area contributed by atoms with Gasteiger partial charge in [0.1, 0.15) is 0 Å². The Kier molecular flexibility index (Phi) is 4.07. The van der Waals surface area contributed by atoms with Crippen LogP contribution in [0.2, 0.25) is 0 Å². The summed E-state index contributed by atoms with van der Waals surface area (Å²) < 4.78 is 0. The van der Waals surface area contributed by atoms with Gasteiger partial charge < -0.3 is 5.32 Å². The Labute approximate surface area is 76.9 Å². The maximum Gasteiger partial charge on any atom is 0.00927 e. The third-order valence-electron chi connectivity index (χ3n) is 2.76. The SMILES string of the molecule is CCC(NCCC(C)C)C1CC1. The van der Waals surface area contributed by atoms with Crippen LogP contribution in [0.3, 0.4) is 0 Å². The minimum Gasteiger partial charge on any atom is -0.314 e. The van der Waals surface area contributed by atoms with Crippen molar-refractivity contribution in [3.05, 3.63) is 0 Å². The Morgan fingerprint density at radius 2 is 2.00 bits per heavy atom. The molecule has 0 amide bonds. The van der Waals surface area contributed by atoms with Crippen LogP contribution in [0.15, 0.2) is 0 Å². The standard InChI is InChI=1S/C11H23N/c1-4-11(10-5-6-10)12-8-7-9(2)3/h9-12H,4-8H2,1-3H3. The van der Waals surface area contributed by atoms with Gasteiger partial charge in [-0.3, -0.25) is 0 Å². The fourth-order valence-electron chi connectivity index (χ4n) is 1.70. The van der Waals surface area contributed by atoms with Gasteiger partial charge in [0.25, 0.3) is 0 Å². The molecule has 1 nitrogen and oxygen atoms in total. The topological polar surface area (TPSA) is 12.0 Å². The van der Waals surface area contributed by atoms with E-state index in [0.29, 0.717) is 0 Å². The van der Waals surface area contributed by atoms with E-state index in [2.05, 4.69) is 26.1 Å². The molecule has 0 spiro atoms. The van der Waals surface area contributed by atoms with E-state index in [1.165, 1.54) is 32.2 Å². The molecule has 1 saturated carbocycles. The summed E-state index contributed by atoms with van der Waals surface area (Å²) in [6.45, 7) is 8.09. The normalized spacial score (nSPS) is 20.0. The molecular formula is C11H23N. The van der Waals surface area contributed by atoms with E-state index in [1.807, 2.05) is 0 Å². The molecule has 1 heteroatoms. The highest BCUT2D eigenvalue weighted by molar-refractivity contribution is 4.85. The Bertz CT molecular complexity index is 116. The maximum absolute atomic E-state index is 3.66. The lowest BCUT2D eigenvalue weighted by atomic mass is 10.1. The van der Waals surface area contributed by atoms with Gasteiger partial charge in [0.05, 0.1) is 0 Å².